The molecule has 3 N–H and O–H groups in total. The highest BCUT2D eigenvalue weighted by Crippen LogP contribution is 2.28. The summed E-state index contributed by atoms with van der Waals surface area (Å²) in [6, 6.07) is 0. The van der Waals surface area contributed by atoms with Crippen LogP contribution in [0.2, 0.25) is 0 Å². The van der Waals surface area contributed by atoms with E-state index in [2.05, 4.69) is 29.8 Å². The van der Waals surface area contributed by atoms with E-state index in [1.165, 1.54) is 0 Å². The van der Waals surface area contributed by atoms with E-state index in [1.54, 1.807) is 17.7 Å². The lowest BCUT2D eigenvalue weighted by molar-refractivity contribution is 0.325. The topological polar surface area (TPSA) is 96.6 Å². The Morgan fingerprint density at radius 3 is 3.19 bits per heavy atom. The standard InChI is InChI=1S/C13H15N7S/c14-11-10-13(17-7-16-10)19-12(18-11)8-1-3-20(5-8)6-9-15-2-4-21-9/h2,4,7-8H,1,3,5-6H2,(H3,14,16,17,18,19). The molecule has 0 aliphatic carbocycles. The number of nitrogen functional groups attached to an aromatic ring is 1. The Morgan fingerprint density at radius 1 is 1.38 bits per heavy atom. The molecule has 1 aliphatic rings. The molecule has 1 fully saturated rings. The number of fused-ring (bicyclic) bond motifs is 1. The molecule has 3 aromatic heterocycles. The summed E-state index contributed by atoms with van der Waals surface area (Å²) in [4.78, 5) is 22.9. The number of nitrogens with one attached hydrogen (secondary N) is 1. The van der Waals surface area contributed by atoms with E-state index in [-0.39, 0.29) is 0 Å². The minimum absolute atomic E-state index is 0.313. The van der Waals surface area contributed by atoms with Crippen molar-refractivity contribution in [1.82, 2.24) is 29.8 Å². The summed E-state index contributed by atoms with van der Waals surface area (Å²) in [6.45, 7) is 2.87. The zero-order valence-corrected chi connectivity index (χ0v) is 12.2. The van der Waals surface area contributed by atoms with Crippen LogP contribution in [0.4, 0.5) is 5.82 Å². The third-order valence-electron chi connectivity index (χ3n) is 3.81. The normalized spacial score (nSPS) is 19.5. The predicted molar refractivity (Wildman–Crippen MR) is 80.8 cm³/mol. The van der Waals surface area contributed by atoms with Crippen molar-refractivity contribution in [3.05, 3.63) is 28.7 Å². The van der Waals surface area contributed by atoms with Crippen molar-refractivity contribution in [2.24, 2.45) is 0 Å². The van der Waals surface area contributed by atoms with Gasteiger partial charge in [-0.3, -0.25) is 4.90 Å². The number of nitrogens with two attached hydrogens (primary N) is 1. The first kappa shape index (κ1) is 12.7. The zero-order chi connectivity index (χ0) is 14.2. The molecular weight excluding hydrogens is 286 g/mol. The number of anilines is 1. The maximum atomic E-state index is 5.97. The fourth-order valence-corrected chi connectivity index (χ4v) is 3.42. The quantitative estimate of drug-likeness (QED) is 0.758. The van der Waals surface area contributed by atoms with Gasteiger partial charge < -0.3 is 10.7 Å². The summed E-state index contributed by atoms with van der Waals surface area (Å²) in [6.07, 6.45) is 4.49. The fraction of sp³-hybridized carbons (Fsp3) is 0.385. The van der Waals surface area contributed by atoms with Crippen LogP contribution in [0, 0.1) is 0 Å². The highest BCUT2D eigenvalue weighted by Gasteiger charge is 2.27. The lowest BCUT2D eigenvalue weighted by atomic mass is 10.1. The van der Waals surface area contributed by atoms with Crippen LogP contribution in [0.15, 0.2) is 17.9 Å². The molecule has 0 saturated carbocycles. The maximum absolute atomic E-state index is 5.97. The van der Waals surface area contributed by atoms with E-state index >= 15 is 0 Å². The Hall–Kier alpha value is -2.06. The van der Waals surface area contributed by atoms with Crippen molar-refractivity contribution in [2.45, 2.75) is 18.9 Å². The zero-order valence-electron chi connectivity index (χ0n) is 11.4. The van der Waals surface area contributed by atoms with Gasteiger partial charge in [0.1, 0.15) is 16.3 Å². The molecule has 0 bridgehead atoms. The maximum Gasteiger partial charge on any atom is 0.183 e. The van der Waals surface area contributed by atoms with Gasteiger partial charge in [-0.15, -0.1) is 11.3 Å². The SMILES string of the molecule is Nc1nc(C2CCN(Cc3nccs3)C2)nc2nc[nH]c12. The number of hydrogen-bond donors (Lipinski definition) is 2. The third-order valence-corrected chi connectivity index (χ3v) is 4.58. The molecule has 3 aromatic rings. The van der Waals surface area contributed by atoms with Gasteiger partial charge in [-0.05, 0) is 13.0 Å². The minimum Gasteiger partial charge on any atom is -0.382 e. The summed E-state index contributed by atoms with van der Waals surface area (Å²) in [5.74, 6) is 1.59. The van der Waals surface area contributed by atoms with E-state index in [4.69, 9.17) is 5.73 Å². The van der Waals surface area contributed by atoms with Gasteiger partial charge in [-0.25, -0.2) is 19.9 Å². The molecule has 0 spiro atoms. The van der Waals surface area contributed by atoms with Gasteiger partial charge in [0.15, 0.2) is 11.5 Å². The Kier molecular flexibility index (Phi) is 3.04. The second-order valence-corrected chi connectivity index (χ2v) is 6.19. The van der Waals surface area contributed by atoms with Gasteiger partial charge in [0.25, 0.3) is 0 Å². The molecule has 0 aromatic carbocycles. The van der Waals surface area contributed by atoms with E-state index in [0.717, 1.165) is 42.4 Å². The van der Waals surface area contributed by atoms with E-state index in [9.17, 15) is 0 Å². The Labute approximate surface area is 125 Å². The number of aromatic amines is 1. The lowest BCUT2D eigenvalue weighted by Gasteiger charge is -2.13. The lowest BCUT2D eigenvalue weighted by Crippen LogP contribution is -2.20. The van der Waals surface area contributed by atoms with Gasteiger partial charge in [0.2, 0.25) is 0 Å². The van der Waals surface area contributed by atoms with Gasteiger partial charge >= 0.3 is 0 Å². The monoisotopic (exact) mass is 301 g/mol. The number of H-pyrrole nitrogens is 1. The minimum atomic E-state index is 0.313. The molecule has 7 nitrogen and oxygen atoms in total. The first-order valence-corrected chi connectivity index (χ1v) is 7.75. The largest absolute Gasteiger partial charge is 0.382 e. The van der Waals surface area contributed by atoms with Crippen molar-refractivity contribution in [3.8, 4) is 0 Å². The molecule has 8 heteroatoms. The fourth-order valence-electron chi connectivity index (χ4n) is 2.77. The number of imidazole rings is 1. The highest BCUT2D eigenvalue weighted by molar-refractivity contribution is 7.09. The summed E-state index contributed by atoms with van der Waals surface area (Å²) >= 11 is 1.69. The Bertz CT molecular complexity index is 751. The third kappa shape index (κ3) is 2.36. The van der Waals surface area contributed by atoms with Crippen LogP contribution in [-0.2, 0) is 6.54 Å². The predicted octanol–water partition coefficient (Wildman–Crippen LogP) is 1.38. The average Bonchev–Trinajstić information content (AvgIpc) is 3.18. The number of nitrogens with zero attached hydrogens (tertiary/aromatic N) is 5. The average molecular weight is 301 g/mol. The second-order valence-electron chi connectivity index (χ2n) is 5.21. The number of aromatic nitrogens is 5. The van der Waals surface area contributed by atoms with Gasteiger partial charge in [-0.1, -0.05) is 0 Å². The number of thiazole rings is 1. The van der Waals surface area contributed by atoms with Gasteiger partial charge in [0.05, 0.1) is 12.9 Å². The van der Waals surface area contributed by atoms with Crippen LogP contribution < -0.4 is 5.73 Å². The first-order valence-electron chi connectivity index (χ1n) is 6.87. The van der Waals surface area contributed by atoms with Crippen LogP contribution >= 0.6 is 11.3 Å². The first-order chi connectivity index (χ1) is 10.3. The highest BCUT2D eigenvalue weighted by atomic mass is 32.1. The molecule has 108 valence electrons. The van der Waals surface area contributed by atoms with Crippen LogP contribution in [0.5, 0.6) is 0 Å². The van der Waals surface area contributed by atoms with Crippen molar-refractivity contribution in [2.75, 3.05) is 18.8 Å². The molecule has 4 heterocycles. The Balaban J connectivity index is 1.53. The van der Waals surface area contributed by atoms with Crippen molar-refractivity contribution < 1.29 is 0 Å². The van der Waals surface area contributed by atoms with Gasteiger partial charge in [0, 0.05) is 24.0 Å². The molecular formula is C13H15N7S. The van der Waals surface area contributed by atoms with E-state index in [1.807, 2.05) is 11.6 Å². The molecule has 0 radical (unpaired) electrons. The molecule has 4 rings (SSSR count). The Morgan fingerprint density at radius 2 is 2.33 bits per heavy atom. The molecule has 1 saturated heterocycles. The van der Waals surface area contributed by atoms with Crippen LogP contribution in [-0.4, -0.2) is 42.9 Å². The van der Waals surface area contributed by atoms with Crippen molar-refractivity contribution in [3.63, 3.8) is 0 Å². The molecule has 21 heavy (non-hydrogen) atoms. The molecule has 1 aliphatic heterocycles. The number of likely N-dealkylation sites (tertiary alicyclic amines) is 1. The summed E-state index contributed by atoms with van der Waals surface area (Å²) in [5, 5.41) is 3.16. The van der Waals surface area contributed by atoms with Crippen LogP contribution in [0.3, 0.4) is 0 Å². The van der Waals surface area contributed by atoms with Crippen LogP contribution in [0.1, 0.15) is 23.2 Å². The van der Waals surface area contributed by atoms with E-state index in [0.29, 0.717) is 17.4 Å². The van der Waals surface area contributed by atoms with Gasteiger partial charge in [-0.2, -0.15) is 0 Å². The molecule has 0 amide bonds. The van der Waals surface area contributed by atoms with Crippen LogP contribution in [0.25, 0.3) is 11.2 Å². The molecule has 1 atom stereocenters. The summed E-state index contributed by atoms with van der Waals surface area (Å²) < 4.78 is 0. The number of hydrogen-bond acceptors (Lipinski definition) is 7. The second kappa shape index (κ2) is 5.05. The van der Waals surface area contributed by atoms with E-state index < -0.39 is 0 Å². The van der Waals surface area contributed by atoms with Crippen molar-refractivity contribution in [1.29, 1.82) is 0 Å². The summed E-state index contributed by atoms with van der Waals surface area (Å²) in [5.41, 5.74) is 7.34. The number of rotatable bonds is 3. The molecule has 1 unspecified atom stereocenters. The van der Waals surface area contributed by atoms with Crippen molar-refractivity contribution >= 4 is 28.3 Å². The smallest absolute Gasteiger partial charge is 0.183 e. The summed E-state index contributed by atoms with van der Waals surface area (Å²) in [7, 11) is 0.